The number of nitrogens with zero attached hydrogens (tertiary/aromatic N) is 2. The summed E-state index contributed by atoms with van der Waals surface area (Å²) in [6, 6.07) is 3.27. The molecule has 1 atom stereocenters. The lowest BCUT2D eigenvalue weighted by Gasteiger charge is -2.14. The van der Waals surface area contributed by atoms with Gasteiger partial charge in [0.1, 0.15) is 11.6 Å². The predicted octanol–water partition coefficient (Wildman–Crippen LogP) is 0.913. The third kappa shape index (κ3) is 2.17. The van der Waals surface area contributed by atoms with Gasteiger partial charge in [-0.3, -0.25) is 9.36 Å². The average Bonchev–Trinajstić information content (AvgIpc) is 2.77. The lowest BCUT2D eigenvalue weighted by atomic mass is 10.1. The summed E-state index contributed by atoms with van der Waals surface area (Å²) in [7, 11) is 0. The highest BCUT2D eigenvalue weighted by atomic mass is 16.5. The minimum absolute atomic E-state index is 0.0483. The molecule has 5 heteroatoms. The molecule has 90 valence electrons. The number of aryl methyl sites for hydroxylation is 1. The van der Waals surface area contributed by atoms with Crippen molar-refractivity contribution in [2.75, 3.05) is 6.61 Å². The summed E-state index contributed by atoms with van der Waals surface area (Å²) in [6.45, 7) is 2.63. The minimum Gasteiger partial charge on any atom is -0.493 e. The minimum atomic E-state index is -0.297. The number of rotatable bonds is 2. The van der Waals surface area contributed by atoms with Crippen molar-refractivity contribution >= 4 is 0 Å². The molecule has 0 aromatic carbocycles. The van der Waals surface area contributed by atoms with E-state index in [0.717, 1.165) is 12.8 Å². The molecule has 0 bridgehead atoms. The van der Waals surface area contributed by atoms with Gasteiger partial charge in [0.2, 0.25) is 5.88 Å². The zero-order chi connectivity index (χ0) is 12.4. The van der Waals surface area contributed by atoms with Crippen LogP contribution in [0, 0.1) is 18.3 Å². The summed E-state index contributed by atoms with van der Waals surface area (Å²) in [5.74, 6) is -0.256. The Labute approximate surface area is 98.9 Å². The van der Waals surface area contributed by atoms with Gasteiger partial charge in [0, 0.05) is 12.7 Å². The molecule has 1 saturated heterocycles. The molecule has 0 unspecified atom stereocenters. The van der Waals surface area contributed by atoms with Gasteiger partial charge in [-0.05, 0) is 25.3 Å². The summed E-state index contributed by atoms with van der Waals surface area (Å²) in [4.78, 5) is 11.8. The highest BCUT2D eigenvalue weighted by Crippen LogP contribution is 2.20. The number of aromatic nitrogens is 1. The Hall–Kier alpha value is -1.80. The van der Waals surface area contributed by atoms with Gasteiger partial charge >= 0.3 is 0 Å². The smallest absolute Gasteiger partial charge is 0.253 e. The van der Waals surface area contributed by atoms with Crippen LogP contribution in [0.5, 0.6) is 5.88 Å². The number of nitriles is 1. The van der Waals surface area contributed by atoms with Crippen molar-refractivity contribution in [3.8, 4) is 11.9 Å². The van der Waals surface area contributed by atoms with E-state index in [9.17, 15) is 9.90 Å². The summed E-state index contributed by atoms with van der Waals surface area (Å²) >= 11 is 0. The highest BCUT2D eigenvalue weighted by Gasteiger charge is 2.20. The zero-order valence-electron chi connectivity index (χ0n) is 9.64. The first kappa shape index (κ1) is 11.7. The quantitative estimate of drug-likeness (QED) is 0.825. The summed E-state index contributed by atoms with van der Waals surface area (Å²) in [5.41, 5.74) is 0.357. The molecule has 0 saturated carbocycles. The molecule has 1 aliphatic heterocycles. The van der Waals surface area contributed by atoms with E-state index in [4.69, 9.17) is 10.00 Å². The molecule has 2 heterocycles. The second-order valence-corrected chi connectivity index (χ2v) is 4.22. The van der Waals surface area contributed by atoms with Crippen LogP contribution in [-0.2, 0) is 11.3 Å². The van der Waals surface area contributed by atoms with Gasteiger partial charge in [-0.1, -0.05) is 0 Å². The molecule has 2 rings (SSSR count). The SMILES string of the molecule is Cc1cc(=O)n(C[C@@H]2CCCO2)c(O)c1C#N. The summed E-state index contributed by atoms with van der Waals surface area (Å²) in [5, 5.41) is 18.8. The van der Waals surface area contributed by atoms with Crippen LogP contribution < -0.4 is 5.56 Å². The van der Waals surface area contributed by atoms with Crippen LogP contribution in [0.4, 0.5) is 0 Å². The molecule has 1 aliphatic rings. The molecular formula is C12H14N2O3. The Morgan fingerprint density at radius 3 is 3.06 bits per heavy atom. The van der Waals surface area contributed by atoms with Gasteiger partial charge in [-0.15, -0.1) is 0 Å². The fourth-order valence-electron chi connectivity index (χ4n) is 2.06. The Kier molecular flexibility index (Phi) is 3.16. The highest BCUT2D eigenvalue weighted by molar-refractivity contribution is 5.43. The van der Waals surface area contributed by atoms with Crippen LogP contribution in [0.1, 0.15) is 24.0 Å². The molecule has 5 nitrogen and oxygen atoms in total. The second-order valence-electron chi connectivity index (χ2n) is 4.22. The van der Waals surface area contributed by atoms with E-state index in [-0.39, 0.29) is 23.1 Å². The summed E-state index contributed by atoms with van der Waals surface area (Å²) in [6.07, 6.45) is 1.80. The first-order valence-corrected chi connectivity index (χ1v) is 5.58. The fourth-order valence-corrected chi connectivity index (χ4v) is 2.06. The van der Waals surface area contributed by atoms with E-state index >= 15 is 0 Å². The molecule has 1 fully saturated rings. The van der Waals surface area contributed by atoms with Crippen molar-refractivity contribution in [3.05, 3.63) is 27.5 Å². The molecule has 0 aliphatic carbocycles. The lowest BCUT2D eigenvalue weighted by Crippen LogP contribution is -2.26. The van der Waals surface area contributed by atoms with E-state index in [1.807, 2.05) is 6.07 Å². The largest absolute Gasteiger partial charge is 0.493 e. The molecule has 1 aromatic rings. The maximum atomic E-state index is 11.8. The van der Waals surface area contributed by atoms with Gasteiger partial charge in [-0.25, -0.2) is 0 Å². The predicted molar refractivity (Wildman–Crippen MR) is 60.8 cm³/mol. The van der Waals surface area contributed by atoms with Crippen molar-refractivity contribution in [1.82, 2.24) is 4.57 Å². The van der Waals surface area contributed by atoms with Crippen molar-refractivity contribution in [3.63, 3.8) is 0 Å². The number of ether oxygens (including phenoxy) is 1. The monoisotopic (exact) mass is 234 g/mol. The molecular weight excluding hydrogens is 220 g/mol. The molecule has 0 radical (unpaired) electrons. The molecule has 0 amide bonds. The Morgan fingerprint density at radius 2 is 2.47 bits per heavy atom. The summed E-state index contributed by atoms with van der Waals surface area (Å²) < 4.78 is 6.63. The van der Waals surface area contributed by atoms with Crippen LogP contribution >= 0.6 is 0 Å². The van der Waals surface area contributed by atoms with Gasteiger partial charge in [0.25, 0.3) is 5.56 Å². The fraction of sp³-hybridized carbons (Fsp3) is 0.500. The Bertz CT molecular complexity index is 522. The molecule has 1 N–H and O–H groups in total. The van der Waals surface area contributed by atoms with E-state index in [2.05, 4.69) is 0 Å². The molecule has 17 heavy (non-hydrogen) atoms. The number of pyridine rings is 1. The second kappa shape index (κ2) is 4.60. The maximum absolute atomic E-state index is 11.8. The number of hydrogen-bond donors (Lipinski definition) is 1. The van der Waals surface area contributed by atoms with Crippen LogP contribution in [0.15, 0.2) is 10.9 Å². The topological polar surface area (TPSA) is 75.2 Å². The van der Waals surface area contributed by atoms with Crippen molar-refractivity contribution in [2.24, 2.45) is 0 Å². The van der Waals surface area contributed by atoms with Crippen molar-refractivity contribution < 1.29 is 9.84 Å². The normalized spacial score (nSPS) is 19.2. The van der Waals surface area contributed by atoms with Gasteiger partial charge < -0.3 is 9.84 Å². The Balaban J connectivity index is 2.39. The van der Waals surface area contributed by atoms with E-state index < -0.39 is 0 Å². The molecule has 0 spiro atoms. The third-order valence-electron chi connectivity index (χ3n) is 3.00. The molecule has 1 aromatic heterocycles. The van der Waals surface area contributed by atoms with Crippen molar-refractivity contribution in [2.45, 2.75) is 32.4 Å². The maximum Gasteiger partial charge on any atom is 0.253 e. The zero-order valence-corrected chi connectivity index (χ0v) is 9.64. The Morgan fingerprint density at radius 1 is 1.71 bits per heavy atom. The third-order valence-corrected chi connectivity index (χ3v) is 3.00. The van der Waals surface area contributed by atoms with E-state index in [0.29, 0.717) is 18.7 Å². The van der Waals surface area contributed by atoms with Gasteiger partial charge in [0.15, 0.2) is 0 Å². The van der Waals surface area contributed by atoms with E-state index in [1.165, 1.54) is 10.6 Å². The standard InChI is InChI=1S/C12H14N2O3/c1-8-5-11(15)14(12(16)10(8)6-13)7-9-3-2-4-17-9/h5,9,16H,2-4,7H2,1H3/t9-/m0/s1. The average molecular weight is 234 g/mol. The van der Waals surface area contributed by atoms with Crippen LogP contribution in [0.3, 0.4) is 0 Å². The van der Waals surface area contributed by atoms with Crippen LogP contribution in [0.25, 0.3) is 0 Å². The first-order chi connectivity index (χ1) is 8.13. The lowest BCUT2D eigenvalue weighted by molar-refractivity contribution is 0.0938. The number of aromatic hydroxyl groups is 1. The first-order valence-electron chi connectivity index (χ1n) is 5.58. The van der Waals surface area contributed by atoms with Crippen LogP contribution in [-0.4, -0.2) is 22.4 Å². The van der Waals surface area contributed by atoms with E-state index in [1.54, 1.807) is 6.92 Å². The van der Waals surface area contributed by atoms with Gasteiger partial charge in [-0.2, -0.15) is 5.26 Å². The van der Waals surface area contributed by atoms with Gasteiger partial charge in [0.05, 0.1) is 12.6 Å². The van der Waals surface area contributed by atoms with Crippen LogP contribution in [0.2, 0.25) is 0 Å². The number of hydrogen-bond acceptors (Lipinski definition) is 4. The van der Waals surface area contributed by atoms with Crippen molar-refractivity contribution in [1.29, 1.82) is 5.26 Å².